The number of amides is 2. The van der Waals surface area contributed by atoms with E-state index >= 15 is 0 Å². The molecule has 0 radical (unpaired) electrons. The van der Waals surface area contributed by atoms with Gasteiger partial charge in [-0.2, -0.15) is 0 Å². The molecule has 28 heavy (non-hydrogen) atoms. The molecule has 9 heteroatoms. The molecule has 0 fully saturated rings. The maximum absolute atomic E-state index is 12.2. The summed E-state index contributed by atoms with van der Waals surface area (Å²) in [4.78, 5) is 28.8. The van der Waals surface area contributed by atoms with E-state index in [4.69, 9.17) is 5.73 Å². The molecular weight excluding hydrogens is 401 g/mol. The highest BCUT2D eigenvalue weighted by molar-refractivity contribution is 5.87. The number of hydrogen-bond acceptors (Lipinski definition) is 4. The standard InChI is InChI=1S/C19H29N5O2.2ClH/c1-11(2)17(20)19(26)21-10-16(25)22-13(5)18-23-14-8-6-7-9-15(14)24(18)12(3)4;;/h6-9,11-13,17H,10,20H2,1-5H3,(H,21,26)(H,22,25);2*1H/t13?,17-;;/m0../s1. The van der Waals surface area contributed by atoms with E-state index in [9.17, 15) is 9.59 Å². The van der Waals surface area contributed by atoms with Crippen molar-refractivity contribution >= 4 is 47.7 Å². The Kier molecular flexibility index (Phi) is 10.5. The van der Waals surface area contributed by atoms with Gasteiger partial charge < -0.3 is 20.9 Å². The Bertz CT molecular complexity index is 792. The average molecular weight is 432 g/mol. The molecule has 0 aliphatic heterocycles. The summed E-state index contributed by atoms with van der Waals surface area (Å²) < 4.78 is 2.12. The molecule has 2 atom stereocenters. The SMILES string of the molecule is CC(NC(=O)CNC(=O)[C@@H](N)C(C)C)c1nc2ccccc2n1C(C)C.Cl.Cl. The van der Waals surface area contributed by atoms with Crippen LogP contribution in [-0.2, 0) is 9.59 Å². The predicted octanol–water partition coefficient (Wildman–Crippen LogP) is 2.74. The molecule has 2 rings (SSSR count). The van der Waals surface area contributed by atoms with Crippen LogP contribution in [-0.4, -0.2) is 34.0 Å². The molecule has 2 aromatic rings. The molecule has 0 bridgehead atoms. The summed E-state index contributed by atoms with van der Waals surface area (Å²) in [7, 11) is 0. The van der Waals surface area contributed by atoms with E-state index in [1.807, 2.05) is 45.0 Å². The molecule has 0 aliphatic carbocycles. The first-order chi connectivity index (χ1) is 12.2. The highest BCUT2D eigenvalue weighted by Crippen LogP contribution is 2.24. The Labute approximate surface area is 178 Å². The average Bonchev–Trinajstić information content (AvgIpc) is 2.98. The van der Waals surface area contributed by atoms with Crippen molar-refractivity contribution in [3.05, 3.63) is 30.1 Å². The highest BCUT2D eigenvalue weighted by atomic mass is 35.5. The number of carbonyl (C=O) groups excluding carboxylic acids is 2. The molecule has 1 aromatic carbocycles. The van der Waals surface area contributed by atoms with E-state index in [0.717, 1.165) is 16.9 Å². The van der Waals surface area contributed by atoms with Gasteiger partial charge in [0.15, 0.2) is 0 Å². The van der Waals surface area contributed by atoms with Gasteiger partial charge in [0.1, 0.15) is 5.82 Å². The summed E-state index contributed by atoms with van der Waals surface area (Å²) in [6.45, 7) is 9.68. The second kappa shape index (κ2) is 11.2. The molecule has 0 saturated carbocycles. The van der Waals surface area contributed by atoms with E-state index in [1.165, 1.54) is 0 Å². The van der Waals surface area contributed by atoms with E-state index in [-0.39, 0.29) is 61.2 Å². The zero-order chi connectivity index (χ0) is 19.4. The fourth-order valence-corrected chi connectivity index (χ4v) is 2.86. The Morgan fingerprint density at radius 1 is 1.11 bits per heavy atom. The first-order valence-corrected chi connectivity index (χ1v) is 9.01. The summed E-state index contributed by atoms with van der Waals surface area (Å²) >= 11 is 0. The molecule has 0 aliphatic rings. The summed E-state index contributed by atoms with van der Waals surface area (Å²) in [6, 6.07) is 7.20. The first-order valence-electron chi connectivity index (χ1n) is 9.01. The smallest absolute Gasteiger partial charge is 0.239 e. The number of benzene rings is 1. The maximum atomic E-state index is 12.2. The topological polar surface area (TPSA) is 102 Å². The minimum Gasteiger partial charge on any atom is -0.346 e. The van der Waals surface area contributed by atoms with Crippen LogP contribution in [0.3, 0.4) is 0 Å². The normalized spacial score (nSPS) is 12.9. The Morgan fingerprint density at radius 2 is 1.71 bits per heavy atom. The van der Waals surface area contributed by atoms with Crippen LogP contribution in [0, 0.1) is 5.92 Å². The first kappa shape index (κ1) is 26.2. The summed E-state index contributed by atoms with van der Waals surface area (Å²) in [5.74, 6) is 0.212. The van der Waals surface area contributed by atoms with Crippen molar-refractivity contribution in [1.29, 1.82) is 0 Å². The fourth-order valence-electron chi connectivity index (χ4n) is 2.86. The van der Waals surface area contributed by atoms with Crippen molar-refractivity contribution < 1.29 is 9.59 Å². The largest absolute Gasteiger partial charge is 0.346 e. The van der Waals surface area contributed by atoms with Crippen molar-refractivity contribution in [3.63, 3.8) is 0 Å². The number of carbonyl (C=O) groups is 2. The van der Waals surface area contributed by atoms with Gasteiger partial charge >= 0.3 is 0 Å². The van der Waals surface area contributed by atoms with Gasteiger partial charge in [-0.15, -0.1) is 24.8 Å². The van der Waals surface area contributed by atoms with Crippen molar-refractivity contribution in [2.24, 2.45) is 11.7 Å². The van der Waals surface area contributed by atoms with Crippen molar-refractivity contribution in [1.82, 2.24) is 20.2 Å². The van der Waals surface area contributed by atoms with Gasteiger partial charge in [-0.3, -0.25) is 9.59 Å². The summed E-state index contributed by atoms with van der Waals surface area (Å²) in [5.41, 5.74) is 7.71. The number of hydrogen-bond donors (Lipinski definition) is 3. The number of nitrogens with one attached hydrogen (secondary N) is 2. The highest BCUT2D eigenvalue weighted by Gasteiger charge is 2.21. The number of rotatable bonds is 7. The molecule has 0 saturated heterocycles. The van der Waals surface area contributed by atoms with Gasteiger partial charge in [-0.25, -0.2) is 4.98 Å². The molecule has 1 unspecified atom stereocenters. The summed E-state index contributed by atoms with van der Waals surface area (Å²) in [5, 5.41) is 5.48. The lowest BCUT2D eigenvalue weighted by Crippen LogP contribution is -2.47. The molecule has 2 amide bonds. The zero-order valence-corrected chi connectivity index (χ0v) is 18.6. The molecule has 1 aromatic heterocycles. The molecule has 7 nitrogen and oxygen atoms in total. The van der Waals surface area contributed by atoms with E-state index in [2.05, 4.69) is 34.0 Å². The third kappa shape index (κ3) is 6.09. The number of nitrogens with two attached hydrogens (primary N) is 1. The summed E-state index contributed by atoms with van der Waals surface area (Å²) in [6.07, 6.45) is 0. The van der Waals surface area contributed by atoms with Gasteiger partial charge in [0.05, 0.1) is 29.7 Å². The van der Waals surface area contributed by atoms with Crippen LogP contribution in [0.1, 0.15) is 52.5 Å². The fraction of sp³-hybridized carbons (Fsp3) is 0.526. The van der Waals surface area contributed by atoms with Crippen LogP contribution in [0.2, 0.25) is 0 Å². The second-order valence-electron chi connectivity index (χ2n) is 7.20. The molecular formula is C19H31Cl2N5O2. The third-order valence-corrected chi connectivity index (χ3v) is 4.35. The number of para-hydroxylation sites is 2. The van der Waals surface area contributed by atoms with E-state index < -0.39 is 6.04 Å². The van der Waals surface area contributed by atoms with Crippen molar-refractivity contribution in [3.8, 4) is 0 Å². The number of imidazole rings is 1. The quantitative estimate of drug-likeness (QED) is 0.626. The number of nitrogens with zero attached hydrogens (tertiary/aromatic N) is 2. The third-order valence-electron chi connectivity index (χ3n) is 4.35. The number of halogens is 2. The van der Waals surface area contributed by atoms with Crippen LogP contribution >= 0.6 is 24.8 Å². The zero-order valence-electron chi connectivity index (χ0n) is 16.9. The van der Waals surface area contributed by atoms with Crippen LogP contribution in [0.4, 0.5) is 0 Å². The van der Waals surface area contributed by atoms with Gasteiger partial charge in [-0.1, -0.05) is 26.0 Å². The Balaban J connectivity index is 0.00000364. The van der Waals surface area contributed by atoms with Crippen molar-refractivity contribution in [2.45, 2.75) is 52.7 Å². The van der Waals surface area contributed by atoms with Crippen LogP contribution in [0.25, 0.3) is 11.0 Å². The van der Waals surface area contributed by atoms with Gasteiger partial charge in [0.25, 0.3) is 0 Å². The molecule has 4 N–H and O–H groups in total. The molecule has 1 heterocycles. The second-order valence-corrected chi connectivity index (χ2v) is 7.20. The Hall–Kier alpha value is -1.83. The van der Waals surface area contributed by atoms with Gasteiger partial charge in [0.2, 0.25) is 11.8 Å². The Morgan fingerprint density at radius 3 is 2.29 bits per heavy atom. The minimum atomic E-state index is -0.620. The van der Waals surface area contributed by atoms with Crippen LogP contribution in [0.15, 0.2) is 24.3 Å². The lowest BCUT2D eigenvalue weighted by Gasteiger charge is -2.19. The van der Waals surface area contributed by atoms with E-state index in [0.29, 0.717) is 0 Å². The minimum absolute atomic E-state index is 0. The van der Waals surface area contributed by atoms with Crippen molar-refractivity contribution in [2.75, 3.05) is 6.54 Å². The monoisotopic (exact) mass is 431 g/mol. The predicted molar refractivity (Wildman–Crippen MR) is 117 cm³/mol. The van der Waals surface area contributed by atoms with Gasteiger partial charge in [0, 0.05) is 6.04 Å². The lowest BCUT2D eigenvalue weighted by molar-refractivity contribution is -0.127. The molecule has 0 spiro atoms. The van der Waals surface area contributed by atoms with Gasteiger partial charge in [-0.05, 0) is 38.8 Å². The van der Waals surface area contributed by atoms with Crippen LogP contribution in [0.5, 0.6) is 0 Å². The van der Waals surface area contributed by atoms with Crippen LogP contribution < -0.4 is 16.4 Å². The van der Waals surface area contributed by atoms with E-state index in [1.54, 1.807) is 0 Å². The maximum Gasteiger partial charge on any atom is 0.239 e. The number of aromatic nitrogens is 2. The lowest BCUT2D eigenvalue weighted by atomic mass is 10.1. The molecule has 158 valence electrons. The number of fused-ring (bicyclic) bond motifs is 1.